The van der Waals surface area contributed by atoms with E-state index in [9.17, 15) is 9.59 Å². The van der Waals surface area contributed by atoms with E-state index in [1.54, 1.807) is 36.0 Å². The second-order valence-corrected chi connectivity index (χ2v) is 5.31. The van der Waals surface area contributed by atoms with Crippen molar-refractivity contribution in [3.63, 3.8) is 0 Å². The van der Waals surface area contributed by atoms with Gasteiger partial charge in [-0.2, -0.15) is 0 Å². The van der Waals surface area contributed by atoms with Crippen LogP contribution in [0, 0.1) is 0 Å². The molecule has 5 nitrogen and oxygen atoms in total. The lowest BCUT2D eigenvalue weighted by Gasteiger charge is -2.10. The van der Waals surface area contributed by atoms with E-state index in [4.69, 9.17) is 10.5 Å². The molecule has 2 amide bonds. The van der Waals surface area contributed by atoms with Gasteiger partial charge in [-0.15, -0.1) is 11.8 Å². The summed E-state index contributed by atoms with van der Waals surface area (Å²) in [5.74, 6) is -0.609. The fraction of sp³-hybridized carbons (Fsp3) is 0.125. The number of thioether (sulfide) groups is 1. The highest BCUT2D eigenvalue weighted by molar-refractivity contribution is 7.98. The van der Waals surface area contributed by atoms with E-state index in [1.807, 2.05) is 30.5 Å². The van der Waals surface area contributed by atoms with E-state index >= 15 is 0 Å². The third-order valence-electron chi connectivity index (χ3n) is 2.89. The molecule has 0 aliphatic heterocycles. The number of nitrogens with one attached hydrogen (secondary N) is 1. The van der Waals surface area contributed by atoms with Gasteiger partial charge < -0.3 is 15.8 Å². The molecule has 0 saturated heterocycles. The molecule has 0 aliphatic carbocycles. The normalized spacial score (nSPS) is 10.0. The van der Waals surface area contributed by atoms with Crippen molar-refractivity contribution in [2.45, 2.75) is 4.90 Å². The maximum Gasteiger partial charge on any atom is 0.262 e. The summed E-state index contributed by atoms with van der Waals surface area (Å²) in [7, 11) is 0. The molecule has 0 bridgehead atoms. The number of anilines is 1. The quantitative estimate of drug-likeness (QED) is 0.802. The highest BCUT2D eigenvalue weighted by Crippen LogP contribution is 2.18. The molecule has 2 rings (SSSR count). The largest absolute Gasteiger partial charge is 0.483 e. The smallest absolute Gasteiger partial charge is 0.262 e. The minimum Gasteiger partial charge on any atom is -0.483 e. The first-order valence-corrected chi connectivity index (χ1v) is 7.78. The van der Waals surface area contributed by atoms with E-state index in [1.165, 1.54) is 0 Å². The minimum atomic E-state index is -0.594. The van der Waals surface area contributed by atoms with Crippen molar-refractivity contribution in [3.05, 3.63) is 54.1 Å². The number of rotatable bonds is 6. The summed E-state index contributed by atoms with van der Waals surface area (Å²) in [4.78, 5) is 24.2. The molecule has 0 spiro atoms. The Morgan fingerprint density at radius 3 is 2.45 bits per heavy atom. The predicted molar refractivity (Wildman–Crippen MR) is 87.3 cm³/mol. The van der Waals surface area contributed by atoms with E-state index < -0.39 is 5.91 Å². The minimum absolute atomic E-state index is 0.200. The van der Waals surface area contributed by atoms with Gasteiger partial charge >= 0.3 is 0 Å². The Morgan fingerprint density at radius 2 is 1.82 bits per heavy atom. The van der Waals surface area contributed by atoms with Crippen LogP contribution in [-0.4, -0.2) is 24.7 Å². The summed E-state index contributed by atoms with van der Waals surface area (Å²) in [6.45, 7) is -0.200. The van der Waals surface area contributed by atoms with Crippen molar-refractivity contribution in [1.29, 1.82) is 0 Å². The monoisotopic (exact) mass is 316 g/mol. The SMILES string of the molecule is CSc1ccc(NC(=O)COc2ccccc2C(N)=O)cc1. The molecule has 0 aliphatic rings. The molecular weight excluding hydrogens is 300 g/mol. The molecule has 2 aromatic rings. The number of carbonyl (C=O) groups is 2. The number of ether oxygens (including phenoxy) is 1. The number of hydrogen-bond acceptors (Lipinski definition) is 4. The van der Waals surface area contributed by atoms with Gasteiger partial charge in [0.15, 0.2) is 6.61 Å². The lowest BCUT2D eigenvalue weighted by Crippen LogP contribution is -2.21. The van der Waals surface area contributed by atoms with Crippen LogP contribution in [0.1, 0.15) is 10.4 Å². The molecule has 0 atom stereocenters. The number of carbonyl (C=O) groups excluding carboxylic acids is 2. The second-order valence-electron chi connectivity index (χ2n) is 4.43. The highest BCUT2D eigenvalue weighted by Gasteiger charge is 2.10. The molecule has 6 heteroatoms. The van der Waals surface area contributed by atoms with E-state index in [0.29, 0.717) is 11.4 Å². The first kappa shape index (κ1) is 15.9. The summed E-state index contributed by atoms with van der Waals surface area (Å²) in [5, 5.41) is 2.72. The lowest BCUT2D eigenvalue weighted by atomic mass is 10.2. The summed E-state index contributed by atoms with van der Waals surface area (Å²) in [5.41, 5.74) is 6.19. The Kier molecular flexibility index (Phi) is 5.43. The molecule has 0 heterocycles. The van der Waals surface area contributed by atoms with Crippen LogP contribution in [0.3, 0.4) is 0 Å². The molecule has 114 valence electrons. The maximum atomic E-state index is 11.9. The number of primary amides is 1. The summed E-state index contributed by atoms with van der Waals surface area (Å²) >= 11 is 1.63. The average molecular weight is 316 g/mol. The van der Waals surface area contributed by atoms with Crippen LogP contribution in [0.5, 0.6) is 5.75 Å². The zero-order valence-electron chi connectivity index (χ0n) is 12.0. The number of hydrogen-bond donors (Lipinski definition) is 2. The molecule has 0 saturated carbocycles. The van der Waals surface area contributed by atoms with Gasteiger partial charge in [-0.25, -0.2) is 0 Å². The maximum absolute atomic E-state index is 11.9. The summed E-state index contributed by atoms with van der Waals surface area (Å²) < 4.78 is 5.36. The summed E-state index contributed by atoms with van der Waals surface area (Å²) in [6.07, 6.45) is 1.98. The van der Waals surface area contributed by atoms with Gasteiger partial charge in [-0.3, -0.25) is 9.59 Å². The van der Waals surface area contributed by atoms with Crippen molar-refractivity contribution >= 4 is 29.3 Å². The Labute approximate surface area is 132 Å². The number of nitrogens with two attached hydrogens (primary N) is 1. The molecule has 0 aromatic heterocycles. The van der Waals surface area contributed by atoms with E-state index in [2.05, 4.69) is 5.32 Å². The second kappa shape index (κ2) is 7.51. The zero-order chi connectivity index (χ0) is 15.9. The van der Waals surface area contributed by atoms with Crippen molar-refractivity contribution in [2.24, 2.45) is 5.73 Å². The van der Waals surface area contributed by atoms with Crippen molar-refractivity contribution < 1.29 is 14.3 Å². The van der Waals surface area contributed by atoms with Crippen LogP contribution in [0.25, 0.3) is 0 Å². The number of para-hydroxylation sites is 1. The number of benzene rings is 2. The van der Waals surface area contributed by atoms with Crippen LogP contribution in [-0.2, 0) is 4.79 Å². The van der Waals surface area contributed by atoms with Crippen molar-refractivity contribution in [1.82, 2.24) is 0 Å². The Morgan fingerprint density at radius 1 is 1.14 bits per heavy atom. The lowest BCUT2D eigenvalue weighted by molar-refractivity contribution is -0.118. The third-order valence-corrected chi connectivity index (χ3v) is 3.63. The average Bonchev–Trinajstić information content (AvgIpc) is 2.54. The zero-order valence-corrected chi connectivity index (χ0v) is 12.9. The molecular formula is C16H16N2O3S. The fourth-order valence-electron chi connectivity index (χ4n) is 1.81. The fourth-order valence-corrected chi connectivity index (χ4v) is 2.22. The van der Waals surface area contributed by atoms with Gasteiger partial charge in [0.1, 0.15) is 5.75 Å². The third kappa shape index (κ3) is 4.26. The topological polar surface area (TPSA) is 81.4 Å². The first-order valence-electron chi connectivity index (χ1n) is 6.55. The standard InChI is InChI=1S/C16H16N2O3S/c1-22-12-8-6-11(7-9-12)18-15(19)10-21-14-5-3-2-4-13(14)16(17)20/h2-9H,10H2,1H3,(H2,17,20)(H,18,19). The van der Waals surface area contributed by atoms with Crippen LogP contribution in [0.15, 0.2) is 53.4 Å². The Hall–Kier alpha value is -2.47. The molecule has 3 N–H and O–H groups in total. The molecule has 0 unspecified atom stereocenters. The summed E-state index contributed by atoms with van der Waals surface area (Å²) in [6, 6.07) is 14.0. The van der Waals surface area contributed by atoms with E-state index in [0.717, 1.165) is 4.90 Å². The molecule has 0 radical (unpaired) electrons. The first-order chi connectivity index (χ1) is 10.6. The van der Waals surface area contributed by atoms with Crippen LogP contribution < -0.4 is 15.8 Å². The van der Waals surface area contributed by atoms with Gasteiger partial charge in [-0.1, -0.05) is 12.1 Å². The molecule has 0 fully saturated rings. The Balaban J connectivity index is 1.94. The predicted octanol–water partition coefficient (Wildman–Crippen LogP) is 2.52. The van der Waals surface area contributed by atoms with Crippen LogP contribution >= 0.6 is 11.8 Å². The van der Waals surface area contributed by atoms with E-state index in [-0.39, 0.29) is 18.1 Å². The van der Waals surface area contributed by atoms with Crippen molar-refractivity contribution in [2.75, 3.05) is 18.2 Å². The van der Waals surface area contributed by atoms with Crippen LogP contribution in [0.4, 0.5) is 5.69 Å². The number of amides is 2. The van der Waals surface area contributed by atoms with Crippen LogP contribution in [0.2, 0.25) is 0 Å². The van der Waals surface area contributed by atoms with Gasteiger partial charge in [-0.05, 0) is 42.7 Å². The van der Waals surface area contributed by atoms with Gasteiger partial charge in [0.05, 0.1) is 5.56 Å². The molecule has 2 aromatic carbocycles. The van der Waals surface area contributed by atoms with Crippen molar-refractivity contribution in [3.8, 4) is 5.75 Å². The molecule has 22 heavy (non-hydrogen) atoms. The Bertz CT molecular complexity index is 671. The van der Waals surface area contributed by atoms with Gasteiger partial charge in [0.2, 0.25) is 0 Å². The van der Waals surface area contributed by atoms with Gasteiger partial charge in [0, 0.05) is 10.6 Å². The highest BCUT2D eigenvalue weighted by atomic mass is 32.2. The van der Waals surface area contributed by atoms with Gasteiger partial charge in [0.25, 0.3) is 11.8 Å².